The van der Waals surface area contributed by atoms with E-state index < -0.39 is 5.54 Å². The average molecular weight is 442 g/mol. The van der Waals surface area contributed by atoms with Gasteiger partial charge in [-0.15, -0.1) is 0 Å². The van der Waals surface area contributed by atoms with E-state index in [0.29, 0.717) is 26.1 Å². The molecule has 1 aromatic carbocycles. The Hall–Kier alpha value is -3.20. The van der Waals surface area contributed by atoms with Crippen LogP contribution in [0, 0.1) is 0 Å². The fourth-order valence-electron chi connectivity index (χ4n) is 3.49. The minimum absolute atomic E-state index is 0.146. The summed E-state index contributed by atoms with van der Waals surface area (Å²) in [6.45, 7) is 7.12. The number of rotatable bonds is 9. The predicted molar refractivity (Wildman–Crippen MR) is 119 cm³/mol. The molecule has 3 rings (SSSR count). The number of carbonyl (C=O) groups excluding carboxylic acids is 3. The molecule has 172 valence electrons. The summed E-state index contributed by atoms with van der Waals surface area (Å²) in [5.41, 5.74) is 0.272. The Morgan fingerprint density at radius 2 is 1.94 bits per heavy atom. The van der Waals surface area contributed by atoms with Crippen LogP contribution in [-0.4, -0.2) is 64.2 Å². The van der Waals surface area contributed by atoms with Crippen LogP contribution in [0.15, 0.2) is 36.4 Å². The zero-order chi connectivity index (χ0) is 23.3. The summed E-state index contributed by atoms with van der Waals surface area (Å²) < 4.78 is 6.90. The van der Waals surface area contributed by atoms with E-state index in [-0.39, 0.29) is 41.8 Å². The molecular weight excluding hydrogens is 410 g/mol. The van der Waals surface area contributed by atoms with Crippen LogP contribution in [0.1, 0.15) is 53.7 Å². The Balaban J connectivity index is 1.65. The largest absolute Gasteiger partial charge is 0.379 e. The Labute approximate surface area is 188 Å². The molecule has 2 aromatic rings. The number of ether oxygens (including phenoxy) is 1. The zero-order valence-electron chi connectivity index (χ0n) is 19.1. The highest BCUT2D eigenvalue weighted by atomic mass is 16.5. The first-order valence-corrected chi connectivity index (χ1v) is 10.8. The number of amides is 3. The maximum Gasteiger partial charge on any atom is 0.272 e. The molecule has 0 bridgehead atoms. The first-order chi connectivity index (χ1) is 15.2. The molecule has 9 nitrogen and oxygen atoms in total. The lowest BCUT2D eigenvalue weighted by molar-refractivity contribution is -0.132. The SMILES string of the molecule is CC(C)OCCCNC(=O)c1cc2n(n1)C[C@](C)(C(=O)NCc1ccccc1)N(C)C2=O. The number of fused-ring (bicyclic) bond motifs is 1. The maximum absolute atomic E-state index is 13.0. The number of hydrogen-bond acceptors (Lipinski definition) is 5. The molecule has 1 aliphatic heterocycles. The Bertz CT molecular complexity index is 972. The van der Waals surface area contributed by atoms with E-state index in [1.165, 1.54) is 15.6 Å². The third kappa shape index (κ3) is 5.16. The number of nitrogens with one attached hydrogen (secondary N) is 2. The third-order valence-corrected chi connectivity index (χ3v) is 5.58. The highest BCUT2D eigenvalue weighted by molar-refractivity contribution is 6.01. The molecular formula is C23H31N5O4. The number of benzene rings is 1. The molecule has 1 aromatic heterocycles. The molecule has 1 aliphatic rings. The van der Waals surface area contributed by atoms with Gasteiger partial charge in [0, 0.05) is 32.8 Å². The lowest BCUT2D eigenvalue weighted by Gasteiger charge is -2.40. The van der Waals surface area contributed by atoms with Gasteiger partial charge in [-0.3, -0.25) is 19.1 Å². The second kappa shape index (κ2) is 9.95. The van der Waals surface area contributed by atoms with Gasteiger partial charge in [0.05, 0.1) is 12.6 Å². The van der Waals surface area contributed by atoms with E-state index in [1.54, 1.807) is 14.0 Å². The van der Waals surface area contributed by atoms with E-state index in [2.05, 4.69) is 15.7 Å². The van der Waals surface area contributed by atoms with Gasteiger partial charge >= 0.3 is 0 Å². The van der Waals surface area contributed by atoms with Crippen molar-refractivity contribution in [1.82, 2.24) is 25.3 Å². The van der Waals surface area contributed by atoms with E-state index in [0.717, 1.165) is 5.56 Å². The first kappa shape index (κ1) is 23.5. The summed E-state index contributed by atoms with van der Waals surface area (Å²) >= 11 is 0. The third-order valence-electron chi connectivity index (χ3n) is 5.58. The van der Waals surface area contributed by atoms with Crippen molar-refractivity contribution in [3.05, 3.63) is 53.3 Å². The summed E-state index contributed by atoms with van der Waals surface area (Å²) in [5, 5.41) is 10.00. The van der Waals surface area contributed by atoms with Gasteiger partial charge in [0.25, 0.3) is 11.8 Å². The molecule has 0 spiro atoms. The molecule has 1 atom stereocenters. The smallest absolute Gasteiger partial charge is 0.272 e. The van der Waals surface area contributed by atoms with Crippen molar-refractivity contribution < 1.29 is 19.1 Å². The molecule has 0 fully saturated rings. The molecule has 32 heavy (non-hydrogen) atoms. The highest BCUT2D eigenvalue weighted by Crippen LogP contribution is 2.26. The van der Waals surface area contributed by atoms with Crippen molar-refractivity contribution >= 4 is 17.7 Å². The van der Waals surface area contributed by atoms with Gasteiger partial charge in [0.1, 0.15) is 11.2 Å². The van der Waals surface area contributed by atoms with E-state index >= 15 is 0 Å². The summed E-state index contributed by atoms with van der Waals surface area (Å²) in [6.07, 6.45) is 0.825. The minimum atomic E-state index is -1.13. The van der Waals surface area contributed by atoms with E-state index in [4.69, 9.17) is 4.74 Å². The first-order valence-electron chi connectivity index (χ1n) is 10.8. The lowest BCUT2D eigenvalue weighted by Crippen LogP contribution is -2.62. The van der Waals surface area contributed by atoms with Crippen molar-refractivity contribution in [3.63, 3.8) is 0 Å². The minimum Gasteiger partial charge on any atom is -0.379 e. The molecule has 0 aliphatic carbocycles. The van der Waals surface area contributed by atoms with Crippen LogP contribution < -0.4 is 10.6 Å². The second-order valence-electron chi connectivity index (χ2n) is 8.41. The molecule has 0 radical (unpaired) electrons. The Morgan fingerprint density at radius 3 is 2.62 bits per heavy atom. The van der Waals surface area contributed by atoms with Crippen molar-refractivity contribution in [3.8, 4) is 0 Å². The zero-order valence-corrected chi connectivity index (χ0v) is 19.1. The van der Waals surface area contributed by atoms with E-state index in [1.807, 2.05) is 44.2 Å². The van der Waals surface area contributed by atoms with Gasteiger partial charge in [-0.05, 0) is 32.8 Å². The number of likely N-dealkylation sites (N-methyl/N-ethyl adjacent to an activating group) is 1. The van der Waals surface area contributed by atoms with Gasteiger partial charge in [-0.2, -0.15) is 5.10 Å². The lowest BCUT2D eigenvalue weighted by atomic mass is 9.96. The molecule has 0 unspecified atom stereocenters. The maximum atomic E-state index is 13.0. The second-order valence-corrected chi connectivity index (χ2v) is 8.41. The summed E-state index contributed by atoms with van der Waals surface area (Å²) in [7, 11) is 1.59. The molecule has 2 heterocycles. The fourth-order valence-corrected chi connectivity index (χ4v) is 3.49. The van der Waals surface area contributed by atoms with Crippen LogP contribution in [0.4, 0.5) is 0 Å². The quantitative estimate of drug-likeness (QED) is 0.575. The van der Waals surface area contributed by atoms with Crippen LogP contribution >= 0.6 is 0 Å². The van der Waals surface area contributed by atoms with Crippen molar-refractivity contribution in [2.75, 3.05) is 20.2 Å². The average Bonchev–Trinajstić information content (AvgIpc) is 3.20. The van der Waals surface area contributed by atoms with Gasteiger partial charge in [-0.1, -0.05) is 30.3 Å². The van der Waals surface area contributed by atoms with Crippen LogP contribution in [0.3, 0.4) is 0 Å². The van der Waals surface area contributed by atoms with Crippen LogP contribution in [-0.2, 0) is 22.6 Å². The fraction of sp³-hybridized carbons (Fsp3) is 0.478. The van der Waals surface area contributed by atoms with Gasteiger partial charge in [0.15, 0.2) is 5.69 Å². The molecule has 0 saturated carbocycles. The van der Waals surface area contributed by atoms with Crippen molar-refractivity contribution in [1.29, 1.82) is 0 Å². The summed E-state index contributed by atoms with van der Waals surface area (Å²) in [6, 6.07) is 11.0. The predicted octanol–water partition coefficient (Wildman–Crippen LogP) is 1.59. The Morgan fingerprint density at radius 1 is 1.22 bits per heavy atom. The van der Waals surface area contributed by atoms with Crippen LogP contribution in [0.5, 0.6) is 0 Å². The van der Waals surface area contributed by atoms with Crippen molar-refractivity contribution in [2.24, 2.45) is 0 Å². The van der Waals surface area contributed by atoms with Crippen LogP contribution in [0.2, 0.25) is 0 Å². The Kier molecular flexibility index (Phi) is 7.29. The number of hydrogen-bond donors (Lipinski definition) is 2. The van der Waals surface area contributed by atoms with Crippen molar-refractivity contribution in [2.45, 2.75) is 51.9 Å². The molecule has 2 N–H and O–H groups in total. The van der Waals surface area contributed by atoms with Gasteiger partial charge in [-0.25, -0.2) is 0 Å². The highest BCUT2D eigenvalue weighted by Gasteiger charge is 2.46. The summed E-state index contributed by atoms with van der Waals surface area (Å²) in [5.74, 6) is -0.998. The normalized spacial score (nSPS) is 17.9. The number of carbonyl (C=O) groups is 3. The van der Waals surface area contributed by atoms with E-state index in [9.17, 15) is 14.4 Å². The standard InChI is InChI=1S/C23H31N5O4/c1-16(2)32-12-8-11-24-20(29)18-13-19-21(30)27(4)23(3,15-28(19)26-18)22(31)25-14-17-9-6-5-7-10-17/h5-7,9-10,13,16H,8,11-12,14-15H2,1-4H3,(H,24,29)(H,25,31)/t23-/m1/s1. The van der Waals surface area contributed by atoms with Gasteiger partial charge < -0.3 is 20.3 Å². The topological polar surface area (TPSA) is 106 Å². The number of nitrogens with zero attached hydrogens (tertiary/aromatic N) is 3. The number of aromatic nitrogens is 2. The van der Waals surface area contributed by atoms with Gasteiger partial charge in [0.2, 0.25) is 5.91 Å². The molecule has 9 heteroatoms. The molecule has 3 amide bonds. The monoisotopic (exact) mass is 441 g/mol. The summed E-state index contributed by atoms with van der Waals surface area (Å²) in [4.78, 5) is 39.8. The van der Waals surface area contributed by atoms with Crippen LogP contribution in [0.25, 0.3) is 0 Å². The molecule has 0 saturated heterocycles.